The Morgan fingerprint density at radius 3 is 2.47 bits per heavy atom. The fraction of sp³-hybridized carbons (Fsp3) is 0.538. The lowest BCUT2D eigenvalue weighted by Gasteiger charge is -2.23. The Balaban J connectivity index is 2.83. The third-order valence-electron chi connectivity index (χ3n) is 3.05. The molecular formula is C13H18ClF2N. The summed E-state index contributed by atoms with van der Waals surface area (Å²) in [6.07, 6.45) is -1.19. The van der Waals surface area contributed by atoms with E-state index in [1.54, 1.807) is 6.07 Å². The molecular weight excluding hydrogens is 244 g/mol. The maximum Gasteiger partial charge on any atom is 0.127 e. The highest BCUT2D eigenvalue weighted by atomic mass is 35.5. The van der Waals surface area contributed by atoms with Crippen molar-refractivity contribution in [3.05, 3.63) is 34.6 Å². The first-order valence-corrected chi connectivity index (χ1v) is 6.12. The van der Waals surface area contributed by atoms with Crippen LogP contribution in [0.4, 0.5) is 8.78 Å². The monoisotopic (exact) mass is 261 g/mol. The number of alkyl halides is 1. The van der Waals surface area contributed by atoms with Gasteiger partial charge in [0.2, 0.25) is 0 Å². The minimum Gasteiger partial charge on any atom is -0.330 e. The average Bonchev–Trinajstić information content (AvgIpc) is 2.24. The summed E-state index contributed by atoms with van der Waals surface area (Å²) in [7, 11) is 0. The molecule has 2 unspecified atom stereocenters. The van der Waals surface area contributed by atoms with Gasteiger partial charge in [0.05, 0.1) is 0 Å². The molecule has 4 heteroatoms. The molecule has 0 saturated carbocycles. The summed E-state index contributed by atoms with van der Waals surface area (Å²) in [4.78, 5) is 0. The van der Waals surface area contributed by atoms with E-state index in [1.165, 1.54) is 12.1 Å². The van der Waals surface area contributed by atoms with E-state index in [9.17, 15) is 8.78 Å². The Bertz CT molecular complexity index is 348. The van der Waals surface area contributed by atoms with Crippen molar-refractivity contribution in [2.45, 2.75) is 26.4 Å². The van der Waals surface area contributed by atoms with E-state index < -0.39 is 12.0 Å². The zero-order valence-electron chi connectivity index (χ0n) is 10.1. The molecule has 0 aliphatic rings. The maximum atomic E-state index is 14.1. The van der Waals surface area contributed by atoms with Crippen LogP contribution in [-0.4, -0.2) is 12.7 Å². The van der Waals surface area contributed by atoms with Crippen LogP contribution in [0.2, 0.25) is 5.02 Å². The van der Waals surface area contributed by atoms with Gasteiger partial charge in [0.25, 0.3) is 0 Å². The summed E-state index contributed by atoms with van der Waals surface area (Å²) >= 11 is 5.86. The van der Waals surface area contributed by atoms with Crippen molar-refractivity contribution < 1.29 is 8.78 Å². The largest absolute Gasteiger partial charge is 0.330 e. The van der Waals surface area contributed by atoms with Gasteiger partial charge in [-0.1, -0.05) is 31.5 Å². The van der Waals surface area contributed by atoms with Crippen molar-refractivity contribution in [3.8, 4) is 0 Å². The second kappa shape index (κ2) is 6.31. The summed E-state index contributed by atoms with van der Waals surface area (Å²) in [5.74, 6) is -0.606. The lowest BCUT2D eigenvalue weighted by molar-refractivity contribution is 0.184. The molecule has 0 fully saturated rings. The Morgan fingerprint density at radius 2 is 2.00 bits per heavy atom. The zero-order chi connectivity index (χ0) is 13.0. The molecule has 17 heavy (non-hydrogen) atoms. The molecule has 0 aliphatic heterocycles. The van der Waals surface area contributed by atoms with Crippen LogP contribution in [0.5, 0.6) is 0 Å². The SMILES string of the molecule is CC(C)C(CN)C(F)Cc1c(F)cccc1Cl. The van der Waals surface area contributed by atoms with Crippen LogP contribution >= 0.6 is 11.6 Å². The predicted octanol–water partition coefficient (Wildman–Crippen LogP) is 3.59. The van der Waals surface area contributed by atoms with Crippen LogP contribution in [0, 0.1) is 17.7 Å². The summed E-state index contributed by atoms with van der Waals surface area (Å²) < 4.78 is 27.6. The Labute approximate surface area is 106 Å². The van der Waals surface area contributed by atoms with Crippen LogP contribution in [0.15, 0.2) is 18.2 Å². The number of hydrogen-bond acceptors (Lipinski definition) is 1. The Hall–Kier alpha value is -0.670. The number of nitrogens with two attached hydrogens (primary N) is 1. The average molecular weight is 262 g/mol. The number of benzene rings is 1. The summed E-state index contributed by atoms with van der Waals surface area (Å²) in [6.45, 7) is 4.07. The third kappa shape index (κ3) is 3.65. The molecule has 0 aromatic heterocycles. The van der Waals surface area contributed by atoms with E-state index in [-0.39, 0.29) is 35.4 Å². The normalized spacial score (nSPS) is 15.0. The quantitative estimate of drug-likeness (QED) is 0.861. The topological polar surface area (TPSA) is 26.0 Å². The van der Waals surface area contributed by atoms with Crippen molar-refractivity contribution in [3.63, 3.8) is 0 Å². The zero-order valence-corrected chi connectivity index (χ0v) is 10.8. The molecule has 0 spiro atoms. The van der Waals surface area contributed by atoms with Gasteiger partial charge in [-0.05, 0) is 24.6 Å². The molecule has 96 valence electrons. The third-order valence-corrected chi connectivity index (χ3v) is 3.41. The van der Waals surface area contributed by atoms with Crippen LogP contribution < -0.4 is 5.73 Å². The minimum atomic E-state index is -1.17. The molecule has 2 atom stereocenters. The summed E-state index contributed by atoms with van der Waals surface area (Å²) in [6, 6.07) is 4.37. The molecule has 0 heterocycles. The first-order chi connectivity index (χ1) is 7.97. The van der Waals surface area contributed by atoms with Gasteiger partial charge in [-0.25, -0.2) is 8.78 Å². The second-order valence-electron chi connectivity index (χ2n) is 4.56. The molecule has 1 aromatic rings. The van der Waals surface area contributed by atoms with Gasteiger partial charge in [0.15, 0.2) is 0 Å². The van der Waals surface area contributed by atoms with Crippen LogP contribution in [0.25, 0.3) is 0 Å². The molecule has 1 rings (SSSR count). The number of rotatable bonds is 5. The maximum absolute atomic E-state index is 14.1. The molecule has 0 bridgehead atoms. The van der Waals surface area contributed by atoms with E-state index in [4.69, 9.17) is 17.3 Å². The second-order valence-corrected chi connectivity index (χ2v) is 4.97. The first kappa shape index (κ1) is 14.4. The standard InChI is InChI=1S/C13H18ClF2N/c1-8(2)10(7-17)13(16)6-9-11(14)4-3-5-12(9)15/h3-5,8,10,13H,6-7,17H2,1-2H3. The van der Waals surface area contributed by atoms with Crippen molar-refractivity contribution in [1.29, 1.82) is 0 Å². The molecule has 0 amide bonds. The van der Waals surface area contributed by atoms with Crippen LogP contribution in [-0.2, 0) is 6.42 Å². The van der Waals surface area contributed by atoms with E-state index in [0.29, 0.717) is 0 Å². The lowest BCUT2D eigenvalue weighted by Crippen LogP contribution is -2.31. The van der Waals surface area contributed by atoms with E-state index in [2.05, 4.69) is 0 Å². The van der Waals surface area contributed by atoms with Crippen LogP contribution in [0.1, 0.15) is 19.4 Å². The van der Waals surface area contributed by atoms with E-state index in [1.807, 2.05) is 13.8 Å². The van der Waals surface area contributed by atoms with Gasteiger partial charge in [-0.15, -0.1) is 0 Å². The van der Waals surface area contributed by atoms with Gasteiger partial charge in [0.1, 0.15) is 12.0 Å². The molecule has 1 nitrogen and oxygen atoms in total. The van der Waals surface area contributed by atoms with Crippen molar-refractivity contribution in [2.24, 2.45) is 17.6 Å². The van der Waals surface area contributed by atoms with Crippen molar-refractivity contribution >= 4 is 11.6 Å². The highest BCUT2D eigenvalue weighted by Crippen LogP contribution is 2.26. The first-order valence-electron chi connectivity index (χ1n) is 5.74. The molecule has 2 N–H and O–H groups in total. The fourth-order valence-electron chi connectivity index (χ4n) is 1.91. The Kier molecular flexibility index (Phi) is 5.34. The van der Waals surface area contributed by atoms with Gasteiger partial charge >= 0.3 is 0 Å². The Morgan fingerprint density at radius 1 is 1.35 bits per heavy atom. The molecule has 0 saturated heterocycles. The van der Waals surface area contributed by atoms with Crippen LogP contribution in [0.3, 0.4) is 0 Å². The fourth-order valence-corrected chi connectivity index (χ4v) is 2.15. The molecule has 1 aromatic carbocycles. The van der Waals surface area contributed by atoms with Crippen molar-refractivity contribution in [1.82, 2.24) is 0 Å². The van der Waals surface area contributed by atoms with Gasteiger partial charge in [-0.3, -0.25) is 0 Å². The predicted molar refractivity (Wildman–Crippen MR) is 67.4 cm³/mol. The summed E-state index contributed by atoms with van der Waals surface area (Å²) in [5, 5.41) is 0.271. The van der Waals surface area contributed by atoms with Gasteiger partial charge in [0, 0.05) is 22.9 Å². The number of halogens is 3. The van der Waals surface area contributed by atoms with E-state index >= 15 is 0 Å². The van der Waals surface area contributed by atoms with Gasteiger partial charge in [-0.2, -0.15) is 0 Å². The lowest BCUT2D eigenvalue weighted by atomic mass is 9.88. The van der Waals surface area contributed by atoms with Gasteiger partial charge < -0.3 is 5.73 Å². The smallest absolute Gasteiger partial charge is 0.127 e. The van der Waals surface area contributed by atoms with E-state index in [0.717, 1.165) is 0 Å². The molecule has 0 radical (unpaired) electrons. The highest BCUT2D eigenvalue weighted by molar-refractivity contribution is 6.31. The number of hydrogen-bond donors (Lipinski definition) is 1. The minimum absolute atomic E-state index is 0.0223. The molecule has 0 aliphatic carbocycles. The highest BCUT2D eigenvalue weighted by Gasteiger charge is 2.25. The van der Waals surface area contributed by atoms with Crippen molar-refractivity contribution in [2.75, 3.05) is 6.54 Å². The summed E-state index contributed by atoms with van der Waals surface area (Å²) in [5.41, 5.74) is 5.77.